The minimum Gasteiger partial charge on any atom is -0.497 e. The highest BCUT2D eigenvalue weighted by molar-refractivity contribution is 8.13. The molecule has 0 saturated carbocycles. The van der Waals surface area contributed by atoms with Crippen LogP contribution in [0.15, 0.2) is 52.8 Å². The van der Waals surface area contributed by atoms with Crippen LogP contribution in [0.5, 0.6) is 11.5 Å². The number of pyridine rings is 1. The second kappa shape index (κ2) is 7.28. The summed E-state index contributed by atoms with van der Waals surface area (Å²) < 4.78 is 10.7. The molecular weight excluding hydrogens is 310 g/mol. The topological polar surface area (TPSA) is 56.1 Å². The molecule has 0 bridgehead atoms. The Bertz CT molecular complexity index is 745. The number of thioether (sulfide) groups is 1. The first-order chi connectivity index (χ1) is 11.3. The van der Waals surface area contributed by atoms with Gasteiger partial charge in [0.05, 0.1) is 25.6 Å². The van der Waals surface area contributed by atoms with E-state index in [1.165, 1.54) is 0 Å². The lowest BCUT2D eigenvalue weighted by Gasteiger charge is -2.10. The van der Waals surface area contributed by atoms with Gasteiger partial charge in [-0.25, -0.2) is 0 Å². The van der Waals surface area contributed by atoms with E-state index in [9.17, 15) is 0 Å². The fraction of sp³-hybridized carbons (Fsp3) is 0.235. The highest BCUT2D eigenvalue weighted by Crippen LogP contribution is 2.29. The van der Waals surface area contributed by atoms with Gasteiger partial charge in [0.2, 0.25) is 0 Å². The van der Waals surface area contributed by atoms with Gasteiger partial charge in [0.15, 0.2) is 0 Å². The highest BCUT2D eigenvalue weighted by Gasteiger charge is 2.19. The molecule has 0 atom stereocenters. The Morgan fingerprint density at radius 1 is 1.09 bits per heavy atom. The molecule has 6 heteroatoms. The average molecular weight is 327 g/mol. The van der Waals surface area contributed by atoms with E-state index in [4.69, 9.17) is 9.47 Å². The summed E-state index contributed by atoms with van der Waals surface area (Å²) in [4.78, 5) is 4.32. The predicted molar refractivity (Wildman–Crippen MR) is 93.7 cm³/mol. The van der Waals surface area contributed by atoms with Gasteiger partial charge in [0.1, 0.15) is 16.5 Å². The molecule has 1 aromatic carbocycles. The van der Waals surface area contributed by atoms with Gasteiger partial charge in [-0.05, 0) is 24.3 Å². The number of hydrogen-bond donors (Lipinski definition) is 0. The molecule has 0 amide bonds. The standard InChI is InChI=1S/C17H17N3O2S/c1-21-13-6-7-14(16(9-13)22-2)15-10-17(20-19-15)23-11-12-5-3-4-8-18-12/h3-9H,10-11H2,1-2H3. The summed E-state index contributed by atoms with van der Waals surface area (Å²) in [5.74, 6) is 2.30. The van der Waals surface area contributed by atoms with Crippen molar-refractivity contribution in [2.45, 2.75) is 12.2 Å². The number of methoxy groups -OCH3 is 2. The van der Waals surface area contributed by atoms with Gasteiger partial charge >= 0.3 is 0 Å². The first kappa shape index (κ1) is 15.6. The summed E-state index contributed by atoms with van der Waals surface area (Å²) in [5.41, 5.74) is 2.90. The van der Waals surface area contributed by atoms with Crippen molar-refractivity contribution in [3.8, 4) is 11.5 Å². The largest absolute Gasteiger partial charge is 0.497 e. The lowest BCUT2D eigenvalue weighted by Crippen LogP contribution is -2.04. The van der Waals surface area contributed by atoms with Crippen molar-refractivity contribution in [1.82, 2.24) is 4.98 Å². The number of nitrogens with zero attached hydrogens (tertiary/aromatic N) is 3. The Balaban J connectivity index is 1.64. The van der Waals surface area contributed by atoms with Crippen molar-refractivity contribution >= 4 is 22.5 Å². The van der Waals surface area contributed by atoms with Crippen LogP contribution in [0, 0.1) is 0 Å². The summed E-state index contributed by atoms with van der Waals surface area (Å²) >= 11 is 1.66. The Hall–Kier alpha value is -2.34. The summed E-state index contributed by atoms with van der Waals surface area (Å²) in [7, 11) is 3.28. The molecule has 0 unspecified atom stereocenters. The maximum Gasteiger partial charge on any atom is 0.131 e. The summed E-state index contributed by atoms with van der Waals surface area (Å²) in [6.07, 6.45) is 2.51. The molecule has 23 heavy (non-hydrogen) atoms. The minimum absolute atomic E-state index is 0.709. The molecule has 2 aromatic rings. The van der Waals surface area contributed by atoms with E-state index in [1.807, 2.05) is 36.4 Å². The van der Waals surface area contributed by atoms with Crippen LogP contribution in [0.2, 0.25) is 0 Å². The van der Waals surface area contributed by atoms with Crippen LogP contribution >= 0.6 is 11.8 Å². The van der Waals surface area contributed by atoms with Gasteiger partial charge in [-0.2, -0.15) is 5.10 Å². The van der Waals surface area contributed by atoms with Gasteiger partial charge in [-0.3, -0.25) is 4.98 Å². The van der Waals surface area contributed by atoms with Crippen molar-refractivity contribution < 1.29 is 9.47 Å². The molecule has 0 saturated heterocycles. The van der Waals surface area contributed by atoms with Crippen molar-refractivity contribution in [1.29, 1.82) is 0 Å². The fourth-order valence-corrected chi connectivity index (χ4v) is 3.06. The Kier molecular flexibility index (Phi) is 4.92. The van der Waals surface area contributed by atoms with Crippen LogP contribution in [-0.2, 0) is 5.75 Å². The third-order valence-electron chi connectivity index (χ3n) is 3.43. The zero-order chi connectivity index (χ0) is 16.1. The van der Waals surface area contributed by atoms with E-state index < -0.39 is 0 Å². The Labute approximate surface area is 139 Å². The maximum absolute atomic E-state index is 5.44. The molecule has 2 heterocycles. The van der Waals surface area contributed by atoms with Crippen molar-refractivity contribution in [3.05, 3.63) is 53.9 Å². The third kappa shape index (κ3) is 3.71. The zero-order valence-corrected chi connectivity index (χ0v) is 13.8. The molecule has 0 fully saturated rings. The minimum atomic E-state index is 0.709. The number of hydrogen-bond acceptors (Lipinski definition) is 6. The Morgan fingerprint density at radius 2 is 2.00 bits per heavy atom. The third-order valence-corrected chi connectivity index (χ3v) is 4.43. The van der Waals surface area contributed by atoms with Crippen LogP contribution in [0.1, 0.15) is 17.7 Å². The van der Waals surface area contributed by atoms with Crippen molar-refractivity contribution in [2.75, 3.05) is 14.2 Å². The Morgan fingerprint density at radius 3 is 2.74 bits per heavy atom. The van der Waals surface area contributed by atoms with Gasteiger partial charge < -0.3 is 9.47 Å². The smallest absolute Gasteiger partial charge is 0.131 e. The molecule has 3 rings (SSSR count). The molecule has 0 N–H and O–H groups in total. The molecule has 0 radical (unpaired) electrons. The molecule has 1 aromatic heterocycles. The van der Waals surface area contributed by atoms with Gasteiger partial charge in [0.25, 0.3) is 0 Å². The molecule has 5 nitrogen and oxygen atoms in total. The second-order valence-electron chi connectivity index (χ2n) is 4.89. The van der Waals surface area contributed by atoms with Gasteiger partial charge in [0, 0.05) is 30.0 Å². The monoisotopic (exact) mass is 327 g/mol. The van der Waals surface area contributed by atoms with Crippen LogP contribution in [0.4, 0.5) is 0 Å². The van der Waals surface area contributed by atoms with E-state index in [1.54, 1.807) is 32.2 Å². The average Bonchev–Trinajstić information content (AvgIpc) is 3.09. The number of rotatable bonds is 5. The molecule has 0 spiro atoms. The number of aromatic nitrogens is 1. The fourth-order valence-electron chi connectivity index (χ4n) is 2.24. The SMILES string of the molecule is COc1ccc(C2=NN=C(SCc3ccccn3)C2)c(OC)c1. The van der Waals surface area contributed by atoms with E-state index >= 15 is 0 Å². The van der Waals surface area contributed by atoms with E-state index in [0.29, 0.717) is 6.42 Å². The highest BCUT2D eigenvalue weighted by atomic mass is 32.2. The predicted octanol–water partition coefficient (Wildman–Crippen LogP) is 3.54. The summed E-state index contributed by atoms with van der Waals surface area (Å²) in [6, 6.07) is 11.6. The number of benzene rings is 1. The maximum atomic E-state index is 5.44. The van der Waals surface area contributed by atoms with E-state index in [0.717, 1.165) is 39.3 Å². The van der Waals surface area contributed by atoms with Gasteiger partial charge in [-0.15, -0.1) is 16.9 Å². The normalized spacial score (nSPS) is 13.5. The van der Waals surface area contributed by atoms with Crippen LogP contribution in [0.25, 0.3) is 0 Å². The summed E-state index contributed by atoms with van der Waals surface area (Å²) in [6.45, 7) is 0. The zero-order valence-electron chi connectivity index (χ0n) is 13.0. The lowest BCUT2D eigenvalue weighted by molar-refractivity contribution is 0.394. The van der Waals surface area contributed by atoms with Crippen molar-refractivity contribution in [2.24, 2.45) is 10.2 Å². The van der Waals surface area contributed by atoms with Crippen LogP contribution < -0.4 is 9.47 Å². The first-order valence-electron chi connectivity index (χ1n) is 7.18. The summed E-state index contributed by atoms with van der Waals surface area (Å²) in [5, 5.41) is 9.58. The second-order valence-corrected chi connectivity index (χ2v) is 5.94. The van der Waals surface area contributed by atoms with Crippen LogP contribution in [0.3, 0.4) is 0 Å². The quantitative estimate of drug-likeness (QED) is 0.843. The van der Waals surface area contributed by atoms with Crippen molar-refractivity contribution in [3.63, 3.8) is 0 Å². The lowest BCUT2D eigenvalue weighted by atomic mass is 10.1. The molecular formula is C17H17N3O2S. The first-order valence-corrected chi connectivity index (χ1v) is 8.17. The molecule has 1 aliphatic rings. The molecule has 0 aliphatic carbocycles. The van der Waals surface area contributed by atoms with E-state index in [-0.39, 0.29) is 0 Å². The van der Waals surface area contributed by atoms with E-state index in [2.05, 4.69) is 15.2 Å². The molecule has 118 valence electrons. The number of ether oxygens (including phenoxy) is 2. The van der Waals surface area contributed by atoms with Crippen LogP contribution in [-0.4, -0.2) is 30.0 Å². The molecule has 1 aliphatic heterocycles. The van der Waals surface area contributed by atoms with Gasteiger partial charge in [-0.1, -0.05) is 6.07 Å².